The van der Waals surface area contributed by atoms with E-state index in [1.807, 2.05) is 12.1 Å². The second-order valence-electron chi connectivity index (χ2n) is 7.33. The van der Waals surface area contributed by atoms with Crippen molar-refractivity contribution in [2.75, 3.05) is 65.5 Å². The molecule has 29 heavy (non-hydrogen) atoms. The summed E-state index contributed by atoms with van der Waals surface area (Å²) in [4.78, 5) is 9.80. The molecule has 1 heterocycles. The van der Waals surface area contributed by atoms with Crippen LogP contribution >= 0.6 is 24.0 Å². The van der Waals surface area contributed by atoms with Crippen LogP contribution in [0.5, 0.6) is 5.75 Å². The van der Waals surface area contributed by atoms with Crippen LogP contribution in [-0.2, 0) is 0 Å². The van der Waals surface area contributed by atoms with Crippen molar-refractivity contribution in [3.8, 4) is 5.75 Å². The van der Waals surface area contributed by atoms with Gasteiger partial charge in [0.1, 0.15) is 12.4 Å². The molecule has 6 nitrogen and oxygen atoms in total. The summed E-state index contributed by atoms with van der Waals surface area (Å²) in [7, 11) is 0. The monoisotopic (exact) mass is 517 g/mol. The lowest BCUT2D eigenvalue weighted by Crippen LogP contribution is -2.46. The molecule has 166 valence electrons. The van der Waals surface area contributed by atoms with Gasteiger partial charge < -0.3 is 25.2 Å². The quantitative estimate of drug-likeness (QED) is 0.205. The van der Waals surface area contributed by atoms with Crippen LogP contribution in [0.1, 0.15) is 32.3 Å². The standard InChI is InChI=1S/C22H39N5O.HI/c1-4-23-22(25-13-19-28-21-10-8-20(3)9-11-21)24-12-6-7-14-27-17-15-26(5-2)16-18-27;/h8-11H,4-7,12-19H2,1-3H3,(H2,23,24,25);1H. The zero-order valence-corrected chi connectivity index (χ0v) is 20.8. The summed E-state index contributed by atoms with van der Waals surface area (Å²) >= 11 is 0. The molecular weight excluding hydrogens is 477 g/mol. The molecule has 0 amide bonds. The first-order valence-corrected chi connectivity index (χ1v) is 10.9. The van der Waals surface area contributed by atoms with Crippen LogP contribution in [0.4, 0.5) is 0 Å². The molecule has 0 spiro atoms. The number of rotatable bonds is 11. The maximum absolute atomic E-state index is 5.76. The highest BCUT2D eigenvalue weighted by Gasteiger charge is 2.14. The lowest BCUT2D eigenvalue weighted by Gasteiger charge is -2.33. The van der Waals surface area contributed by atoms with Gasteiger partial charge in [0.15, 0.2) is 5.96 Å². The Balaban J connectivity index is 0.00000420. The number of hydrogen-bond donors (Lipinski definition) is 2. The summed E-state index contributed by atoms with van der Waals surface area (Å²) in [5.74, 6) is 1.79. The molecule has 0 aliphatic carbocycles. The summed E-state index contributed by atoms with van der Waals surface area (Å²) < 4.78 is 5.76. The molecule has 0 radical (unpaired) electrons. The number of ether oxygens (including phenoxy) is 1. The molecule has 1 fully saturated rings. The Morgan fingerprint density at radius 1 is 1.00 bits per heavy atom. The molecule has 1 aliphatic heterocycles. The Morgan fingerprint density at radius 2 is 1.69 bits per heavy atom. The van der Waals surface area contributed by atoms with Crippen LogP contribution in [0, 0.1) is 6.92 Å². The second-order valence-corrected chi connectivity index (χ2v) is 7.33. The summed E-state index contributed by atoms with van der Waals surface area (Å²) in [6, 6.07) is 8.16. The van der Waals surface area contributed by atoms with Gasteiger partial charge in [-0.15, -0.1) is 24.0 Å². The third kappa shape index (κ3) is 11.1. The van der Waals surface area contributed by atoms with Crippen molar-refractivity contribution >= 4 is 29.9 Å². The van der Waals surface area contributed by atoms with Crippen molar-refractivity contribution in [1.82, 2.24) is 20.4 Å². The Kier molecular flexibility index (Phi) is 14.1. The molecule has 1 aromatic rings. The number of likely N-dealkylation sites (N-methyl/N-ethyl adjacent to an activating group) is 1. The Labute approximate surface area is 194 Å². The summed E-state index contributed by atoms with van der Waals surface area (Å²) in [6.45, 7) is 16.7. The number of aryl methyl sites for hydroxylation is 1. The number of guanidine groups is 1. The van der Waals surface area contributed by atoms with Crippen LogP contribution < -0.4 is 15.4 Å². The van der Waals surface area contributed by atoms with E-state index in [0.29, 0.717) is 6.61 Å². The molecule has 0 aromatic heterocycles. The van der Waals surface area contributed by atoms with Crippen LogP contribution in [0.3, 0.4) is 0 Å². The van der Waals surface area contributed by atoms with Gasteiger partial charge in [-0.05, 0) is 51.9 Å². The maximum Gasteiger partial charge on any atom is 0.191 e. The number of aliphatic imine (C=N–C) groups is 1. The molecule has 2 rings (SSSR count). The SMILES string of the molecule is CCNC(=NCCCCN1CCN(CC)CC1)NCCOc1ccc(C)cc1.I. The molecule has 2 N–H and O–H groups in total. The van der Waals surface area contributed by atoms with E-state index >= 15 is 0 Å². The summed E-state index contributed by atoms with van der Waals surface area (Å²) in [5.41, 5.74) is 1.25. The average Bonchev–Trinajstić information content (AvgIpc) is 2.72. The van der Waals surface area contributed by atoms with E-state index in [9.17, 15) is 0 Å². The molecule has 0 saturated carbocycles. The Morgan fingerprint density at radius 3 is 2.34 bits per heavy atom. The fraction of sp³-hybridized carbons (Fsp3) is 0.682. The van der Waals surface area contributed by atoms with Gasteiger partial charge in [-0.3, -0.25) is 4.99 Å². The third-order valence-electron chi connectivity index (χ3n) is 5.09. The molecular formula is C22H40IN5O. The van der Waals surface area contributed by atoms with E-state index in [1.54, 1.807) is 0 Å². The van der Waals surface area contributed by atoms with Crippen LogP contribution in [0.2, 0.25) is 0 Å². The molecule has 0 unspecified atom stereocenters. The Hall–Kier alpha value is -1.06. The summed E-state index contributed by atoms with van der Waals surface area (Å²) in [6.07, 6.45) is 2.34. The smallest absolute Gasteiger partial charge is 0.191 e. The van der Waals surface area contributed by atoms with Crippen molar-refractivity contribution in [3.05, 3.63) is 29.8 Å². The van der Waals surface area contributed by atoms with Crippen molar-refractivity contribution < 1.29 is 4.74 Å². The lowest BCUT2D eigenvalue weighted by atomic mass is 10.2. The molecule has 1 aromatic carbocycles. The van der Waals surface area contributed by atoms with Gasteiger partial charge in [0.25, 0.3) is 0 Å². The van der Waals surface area contributed by atoms with Gasteiger partial charge in [-0.25, -0.2) is 0 Å². The largest absolute Gasteiger partial charge is 0.492 e. The fourth-order valence-corrected chi connectivity index (χ4v) is 3.28. The molecule has 7 heteroatoms. The molecule has 0 atom stereocenters. The van der Waals surface area contributed by atoms with Crippen LogP contribution in [-0.4, -0.2) is 81.3 Å². The van der Waals surface area contributed by atoms with E-state index in [-0.39, 0.29) is 24.0 Å². The number of benzene rings is 1. The lowest BCUT2D eigenvalue weighted by molar-refractivity contribution is 0.136. The van der Waals surface area contributed by atoms with Gasteiger partial charge in [-0.1, -0.05) is 24.6 Å². The van der Waals surface area contributed by atoms with E-state index in [2.05, 4.69) is 58.3 Å². The minimum atomic E-state index is 0. The number of piperazine rings is 1. The molecule has 1 aliphatic rings. The number of unbranched alkanes of at least 4 members (excludes halogenated alkanes) is 1. The fourth-order valence-electron chi connectivity index (χ4n) is 3.28. The third-order valence-corrected chi connectivity index (χ3v) is 5.09. The van der Waals surface area contributed by atoms with Gasteiger partial charge in [-0.2, -0.15) is 0 Å². The highest BCUT2D eigenvalue weighted by Crippen LogP contribution is 2.10. The Bertz CT molecular complexity index is 559. The minimum absolute atomic E-state index is 0. The molecule has 0 bridgehead atoms. The first-order valence-electron chi connectivity index (χ1n) is 10.9. The highest BCUT2D eigenvalue weighted by molar-refractivity contribution is 14.0. The van der Waals surface area contributed by atoms with E-state index in [0.717, 1.165) is 37.8 Å². The van der Waals surface area contributed by atoms with Crippen molar-refractivity contribution in [1.29, 1.82) is 0 Å². The number of nitrogens with one attached hydrogen (secondary N) is 2. The van der Waals surface area contributed by atoms with Crippen LogP contribution in [0.15, 0.2) is 29.3 Å². The van der Waals surface area contributed by atoms with Crippen molar-refractivity contribution in [3.63, 3.8) is 0 Å². The predicted octanol–water partition coefficient (Wildman–Crippen LogP) is 2.96. The normalized spacial score (nSPS) is 15.6. The maximum atomic E-state index is 5.76. The zero-order valence-electron chi connectivity index (χ0n) is 18.5. The first-order chi connectivity index (χ1) is 13.7. The van der Waals surface area contributed by atoms with Gasteiger partial charge in [0, 0.05) is 39.3 Å². The van der Waals surface area contributed by atoms with E-state index in [1.165, 1.54) is 51.3 Å². The average molecular weight is 518 g/mol. The topological polar surface area (TPSA) is 52.1 Å². The minimum Gasteiger partial charge on any atom is -0.492 e. The van der Waals surface area contributed by atoms with Crippen molar-refractivity contribution in [2.45, 2.75) is 33.6 Å². The van der Waals surface area contributed by atoms with Gasteiger partial charge in [0.2, 0.25) is 0 Å². The van der Waals surface area contributed by atoms with E-state index < -0.39 is 0 Å². The zero-order chi connectivity index (χ0) is 20.0. The number of halogens is 1. The first kappa shape index (κ1) is 26.0. The van der Waals surface area contributed by atoms with Crippen molar-refractivity contribution in [2.24, 2.45) is 4.99 Å². The van der Waals surface area contributed by atoms with E-state index in [4.69, 9.17) is 4.74 Å². The summed E-state index contributed by atoms with van der Waals surface area (Å²) in [5, 5.41) is 6.66. The van der Waals surface area contributed by atoms with Gasteiger partial charge >= 0.3 is 0 Å². The second kappa shape index (κ2) is 15.7. The predicted molar refractivity (Wildman–Crippen MR) is 134 cm³/mol. The number of hydrogen-bond acceptors (Lipinski definition) is 4. The van der Waals surface area contributed by atoms with Gasteiger partial charge in [0.05, 0.1) is 6.54 Å². The molecule has 1 saturated heterocycles. The number of nitrogens with zero attached hydrogens (tertiary/aromatic N) is 3. The van der Waals surface area contributed by atoms with Crippen LogP contribution in [0.25, 0.3) is 0 Å². The highest BCUT2D eigenvalue weighted by atomic mass is 127.